The highest BCUT2D eigenvalue weighted by Gasteiger charge is 2.43. The van der Waals surface area contributed by atoms with Crippen molar-refractivity contribution in [1.82, 2.24) is 9.80 Å². The number of amides is 2. The molecule has 2 unspecified atom stereocenters. The number of benzene rings is 2. The van der Waals surface area contributed by atoms with Crippen molar-refractivity contribution < 1.29 is 19.1 Å². The van der Waals surface area contributed by atoms with E-state index in [2.05, 4.69) is 0 Å². The van der Waals surface area contributed by atoms with Crippen LogP contribution in [0.25, 0.3) is 5.57 Å². The number of hydrogen-bond acceptors (Lipinski definition) is 5. The van der Waals surface area contributed by atoms with E-state index in [9.17, 15) is 9.59 Å². The Kier molecular flexibility index (Phi) is 6.33. The van der Waals surface area contributed by atoms with Crippen molar-refractivity contribution in [3.63, 3.8) is 0 Å². The summed E-state index contributed by atoms with van der Waals surface area (Å²) in [6.45, 7) is 9.87. The first-order valence-corrected chi connectivity index (χ1v) is 11.2. The molecule has 0 saturated carbocycles. The highest BCUT2D eigenvalue weighted by atomic mass is 16.5. The van der Waals surface area contributed by atoms with Gasteiger partial charge in [-0.1, -0.05) is 42.0 Å². The molecule has 0 N–H and O–H groups in total. The minimum Gasteiger partial charge on any atom is -0.494 e. The molecule has 0 bridgehead atoms. The molecule has 2 aromatic carbocycles. The summed E-state index contributed by atoms with van der Waals surface area (Å²) in [6, 6.07) is 15.3. The first kappa shape index (κ1) is 22.1. The largest absolute Gasteiger partial charge is 0.494 e. The van der Waals surface area contributed by atoms with E-state index < -0.39 is 0 Å². The van der Waals surface area contributed by atoms with E-state index in [4.69, 9.17) is 9.47 Å². The number of rotatable bonds is 6. The second-order valence-electron chi connectivity index (χ2n) is 8.53. The van der Waals surface area contributed by atoms with Gasteiger partial charge in [0, 0.05) is 13.1 Å². The third kappa shape index (κ3) is 4.41. The first-order chi connectivity index (χ1) is 15.4. The molecular weight excluding hydrogens is 404 g/mol. The SMILES string of the molecule is CCOc1ccc(C2=C(N3CC(C)OC(C)C3)C(=O)N(Cc3ccc(C)cc3)C2=O)cc1. The normalized spacial score (nSPS) is 21.5. The van der Waals surface area contributed by atoms with Gasteiger partial charge in [0.05, 0.1) is 30.9 Å². The van der Waals surface area contributed by atoms with Gasteiger partial charge < -0.3 is 14.4 Å². The van der Waals surface area contributed by atoms with Crippen LogP contribution < -0.4 is 4.74 Å². The Morgan fingerprint density at radius 3 is 2.16 bits per heavy atom. The van der Waals surface area contributed by atoms with Gasteiger partial charge in [0.1, 0.15) is 11.4 Å². The molecule has 2 atom stereocenters. The molecule has 2 aliphatic heterocycles. The fourth-order valence-corrected chi connectivity index (χ4v) is 4.38. The van der Waals surface area contributed by atoms with E-state index in [1.807, 2.05) is 81.1 Å². The Morgan fingerprint density at radius 2 is 1.56 bits per heavy atom. The molecule has 1 saturated heterocycles. The lowest BCUT2D eigenvalue weighted by Crippen LogP contribution is -2.46. The fourth-order valence-electron chi connectivity index (χ4n) is 4.38. The molecule has 0 radical (unpaired) electrons. The molecular formula is C26H30N2O4. The monoisotopic (exact) mass is 434 g/mol. The van der Waals surface area contributed by atoms with Crippen LogP contribution in [0.4, 0.5) is 0 Å². The van der Waals surface area contributed by atoms with Crippen molar-refractivity contribution in [2.24, 2.45) is 0 Å². The molecule has 2 aromatic rings. The number of aryl methyl sites for hydroxylation is 1. The van der Waals surface area contributed by atoms with Crippen LogP contribution in [0, 0.1) is 6.92 Å². The van der Waals surface area contributed by atoms with Gasteiger partial charge in [-0.25, -0.2) is 0 Å². The first-order valence-electron chi connectivity index (χ1n) is 11.2. The van der Waals surface area contributed by atoms with Gasteiger partial charge in [0.2, 0.25) is 0 Å². The average Bonchev–Trinajstić information content (AvgIpc) is 3.00. The predicted octanol–water partition coefficient (Wildman–Crippen LogP) is 3.78. The fraction of sp³-hybridized carbons (Fsp3) is 0.385. The summed E-state index contributed by atoms with van der Waals surface area (Å²) in [4.78, 5) is 30.5. The van der Waals surface area contributed by atoms with Crippen molar-refractivity contribution in [2.45, 2.75) is 46.4 Å². The molecule has 2 aliphatic rings. The maximum absolute atomic E-state index is 13.6. The van der Waals surface area contributed by atoms with Gasteiger partial charge in [0.25, 0.3) is 11.8 Å². The summed E-state index contributed by atoms with van der Waals surface area (Å²) in [5.74, 6) is 0.225. The Morgan fingerprint density at radius 1 is 0.938 bits per heavy atom. The topological polar surface area (TPSA) is 59.1 Å². The third-order valence-electron chi connectivity index (χ3n) is 5.79. The third-order valence-corrected chi connectivity index (χ3v) is 5.79. The average molecular weight is 435 g/mol. The Hall–Kier alpha value is -3.12. The van der Waals surface area contributed by atoms with Crippen LogP contribution in [-0.4, -0.2) is 53.5 Å². The molecule has 0 spiro atoms. The van der Waals surface area contributed by atoms with Crippen molar-refractivity contribution >= 4 is 17.4 Å². The Balaban J connectivity index is 1.72. The molecule has 6 heteroatoms. The van der Waals surface area contributed by atoms with Crippen LogP contribution in [0.5, 0.6) is 5.75 Å². The van der Waals surface area contributed by atoms with Gasteiger partial charge in [-0.15, -0.1) is 0 Å². The summed E-state index contributed by atoms with van der Waals surface area (Å²) in [5.41, 5.74) is 3.70. The van der Waals surface area contributed by atoms with Gasteiger partial charge in [0.15, 0.2) is 0 Å². The number of hydrogen-bond donors (Lipinski definition) is 0. The summed E-state index contributed by atoms with van der Waals surface area (Å²) in [7, 11) is 0. The molecule has 1 fully saturated rings. The highest BCUT2D eigenvalue weighted by molar-refractivity contribution is 6.35. The van der Waals surface area contributed by atoms with E-state index in [1.165, 1.54) is 4.90 Å². The second kappa shape index (κ2) is 9.17. The van der Waals surface area contributed by atoms with Crippen molar-refractivity contribution in [3.05, 3.63) is 70.9 Å². The lowest BCUT2D eigenvalue weighted by atomic mass is 10.0. The van der Waals surface area contributed by atoms with Crippen LogP contribution in [0.2, 0.25) is 0 Å². The maximum atomic E-state index is 13.6. The molecule has 2 amide bonds. The number of carbonyl (C=O) groups excluding carboxylic acids is 2. The van der Waals surface area contributed by atoms with E-state index in [0.29, 0.717) is 31.0 Å². The van der Waals surface area contributed by atoms with Gasteiger partial charge >= 0.3 is 0 Å². The quantitative estimate of drug-likeness (QED) is 0.648. The molecule has 0 aromatic heterocycles. The zero-order chi connectivity index (χ0) is 22.8. The number of morpholine rings is 1. The smallest absolute Gasteiger partial charge is 0.278 e. The van der Waals surface area contributed by atoms with Crippen LogP contribution in [0.15, 0.2) is 54.2 Å². The number of ether oxygens (including phenoxy) is 2. The summed E-state index contributed by atoms with van der Waals surface area (Å²) in [5, 5.41) is 0. The minimum atomic E-state index is -0.262. The summed E-state index contributed by atoms with van der Waals surface area (Å²) >= 11 is 0. The van der Waals surface area contributed by atoms with E-state index in [0.717, 1.165) is 22.4 Å². The second-order valence-corrected chi connectivity index (χ2v) is 8.53. The van der Waals surface area contributed by atoms with E-state index in [1.54, 1.807) is 0 Å². The predicted molar refractivity (Wildman–Crippen MR) is 123 cm³/mol. The van der Waals surface area contributed by atoms with Crippen LogP contribution in [0.1, 0.15) is 37.5 Å². The van der Waals surface area contributed by atoms with Crippen LogP contribution in [0.3, 0.4) is 0 Å². The minimum absolute atomic E-state index is 0.0260. The molecule has 0 aliphatic carbocycles. The van der Waals surface area contributed by atoms with E-state index >= 15 is 0 Å². The summed E-state index contributed by atoms with van der Waals surface area (Å²) < 4.78 is 11.4. The zero-order valence-corrected chi connectivity index (χ0v) is 19.1. The molecule has 6 nitrogen and oxygen atoms in total. The Labute approximate surface area is 189 Å². The van der Waals surface area contributed by atoms with Crippen molar-refractivity contribution in [1.29, 1.82) is 0 Å². The van der Waals surface area contributed by atoms with Gasteiger partial charge in [-0.2, -0.15) is 0 Å². The highest BCUT2D eigenvalue weighted by Crippen LogP contribution is 2.34. The molecule has 2 heterocycles. The van der Waals surface area contributed by atoms with Crippen LogP contribution in [-0.2, 0) is 20.9 Å². The van der Waals surface area contributed by atoms with E-state index in [-0.39, 0.29) is 30.6 Å². The summed E-state index contributed by atoms with van der Waals surface area (Å²) in [6.07, 6.45) is -0.0521. The van der Waals surface area contributed by atoms with Gasteiger partial charge in [-0.3, -0.25) is 14.5 Å². The lowest BCUT2D eigenvalue weighted by molar-refractivity contribution is -0.139. The van der Waals surface area contributed by atoms with Gasteiger partial charge in [-0.05, 0) is 51.0 Å². The van der Waals surface area contributed by atoms with Crippen LogP contribution >= 0.6 is 0 Å². The Bertz CT molecular complexity index is 1020. The van der Waals surface area contributed by atoms with Crippen molar-refractivity contribution in [2.75, 3.05) is 19.7 Å². The number of imide groups is 1. The zero-order valence-electron chi connectivity index (χ0n) is 19.1. The molecule has 168 valence electrons. The standard InChI is InChI=1S/C26H30N2O4/c1-5-31-22-12-10-21(11-13-22)23-24(27-14-18(3)32-19(4)15-27)26(30)28(25(23)29)16-20-8-6-17(2)7-9-20/h6-13,18-19H,5,14-16H2,1-4H3. The molecule has 32 heavy (non-hydrogen) atoms. The molecule has 4 rings (SSSR count). The maximum Gasteiger partial charge on any atom is 0.278 e. The number of nitrogens with zero attached hydrogens (tertiary/aromatic N) is 2. The van der Waals surface area contributed by atoms with Crippen molar-refractivity contribution in [3.8, 4) is 5.75 Å². The number of carbonyl (C=O) groups is 2. The lowest BCUT2D eigenvalue weighted by Gasteiger charge is -2.37.